The van der Waals surface area contributed by atoms with E-state index in [1.54, 1.807) is 0 Å². The van der Waals surface area contributed by atoms with Gasteiger partial charge in [0.1, 0.15) is 5.82 Å². The van der Waals surface area contributed by atoms with Crippen LogP contribution >= 0.6 is 10.7 Å². The van der Waals surface area contributed by atoms with Crippen LogP contribution in [0.5, 0.6) is 0 Å². The van der Waals surface area contributed by atoms with Gasteiger partial charge in [-0.3, -0.25) is 4.79 Å². The van der Waals surface area contributed by atoms with Crippen molar-refractivity contribution in [3.05, 3.63) is 29.1 Å². The zero-order valence-corrected chi connectivity index (χ0v) is 12.9. The number of rotatable bonds is 6. The molecule has 0 aliphatic rings. The van der Waals surface area contributed by atoms with E-state index >= 15 is 0 Å². The molecule has 0 bridgehead atoms. The minimum absolute atomic E-state index is 0.0606. The largest absolute Gasteiger partial charge is 0.352 e. The number of carbonyl (C=O) groups excluding carboxylic acids is 1. The summed E-state index contributed by atoms with van der Waals surface area (Å²) >= 11 is 0. The first kappa shape index (κ1) is 16.9. The van der Waals surface area contributed by atoms with Gasteiger partial charge in [-0.25, -0.2) is 12.8 Å². The van der Waals surface area contributed by atoms with Gasteiger partial charge in [0.15, 0.2) is 0 Å². The van der Waals surface area contributed by atoms with Crippen molar-refractivity contribution >= 4 is 25.6 Å². The molecular formula is C13H17ClFNO3S. The summed E-state index contributed by atoms with van der Waals surface area (Å²) < 4.78 is 36.5. The molecule has 0 saturated carbocycles. The van der Waals surface area contributed by atoms with E-state index in [4.69, 9.17) is 10.7 Å². The van der Waals surface area contributed by atoms with Gasteiger partial charge in [-0.15, -0.1) is 0 Å². The molecule has 1 amide bonds. The van der Waals surface area contributed by atoms with Crippen molar-refractivity contribution in [2.45, 2.75) is 38.0 Å². The Morgan fingerprint density at radius 1 is 1.35 bits per heavy atom. The molecule has 1 N–H and O–H groups in total. The summed E-state index contributed by atoms with van der Waals surface area (Å²) in [6.07, 6.45) is 2.75. The standard InChI is InChI=1S/C13H17ClFNO3S/c1-3-4-5-6-16-13(17)11-8-10(20(14,18)19)7-9(2)12(11)15/h7-8H,3-6H2,1-2H3,(H,16,17). The predicted molar refractivity (Wildman–Crippen MR) is 76.0 cm³/mol. The van der Waals surface area contributed by atoms with Gasteiger partial charge in [0.05, 0.1) is 10.5 Å². The van der Waals surface area contributed by atoms with Crippen LogP contribution < -0.4 is 5.32 Å². The molecule has 0 unspecified atom stereocenters. The van der Waals surface area contributed by atoms with E-state index in [1.807, 2.05) is 6.92 Å². The Kier molecular flexibility index (Phi) is 5.95. The molecule has 1 rings (SSSR count). The summed E-state index contributed by atoms with van der Waals surface area (Å²) in [4.78, 5) is 11.6. The van der Waals surface area contributed by atoms with Crippen LogP contribution in [0.15, 0.2) is 17.0 Å². The van der Waals surface area contributed by atoms with Crippen molar-refractivity contribution in [3.8, 4) is 0 Å². The molecule has 0 fully saturated rings. The Hall–Kier alpha value is -1.14. The minimum atomic E-state index is -4.00. The fourth-order valence-corrected chi connectivity index (χ4v) is 2.56. The quantitative estimate of drug-likeness (QED) is 0.647. The Bertz CT molecular complexity index is 602. The van der Waals surface area contributed by atoms with Crippen molar-refractivity contribution < 1.29 is 17.6 Å². The van der Waals surface area contributed by atoms with Crippen LogP contribution in [-0.4, -0.2) is 20.9 Å². The molecular weight excluding hydrogens is 305 g/mol. The minimum Gasteiger partial charge on any atom is -0.352 e. The van der Waals surface area contributed by atoms with E-state index in [9.17, 15) is 17.6 Å². The summed E-state index contributed by atoms with van der Waals surface area (Å²) in [6, 6.07) is 2.06. The smallest absolute Gasteiger partial charge is 0.261 e. The third-order valence-electron chi connectivity index (χ3n) is 2.82. The first-order chi connectivity index (χ1) is 9.27. The highest BCUT2D eigenvalue weighted by Gasteiger charge is 2.19. The lowest BCUT2D eigenvalue weighted by molar-refractivity contribution is 0.0948. The molecule has 0 aromatic heterocycles. The maximum atomic E-state index is 13.9. The molecule has 1 aromatic rings. The average Bonchev–Trinajstić information content (AvgIpc) is 2.36. The van der Waals surface area contributed by atoms with Crippen molar-refractivity contribution in [3.63, 3.8) is 0 Å². The van der Waals surface area contributed by atoms with Crippen LogP contribution in [0, 0.1) is 12.7 Å². The molecule has 0 radical (unpaired) electrons. The number of benzene rings is 1. The number of halogens is 2. The normalized spacial score (nSPS) is 11.4. The second-order valence-electron chi connectivity index (χ2n) is 4.50. The third-order valence-corrected chi connectivity index (χ3v) is 4.15. The zero-order chi connectivity index (χ0) is 15.3. The third kappa shape index (κ3) is 4.45. The van der Waals surface area contributed by atoms with Gasteiger partial charge >= 0.3 is 0 Å². The number of nitrogens with one attached hydrogen (secondary N) is 1. The lowest BCUT2D eigenvalue weighted by Crippen LogP contribution is -2.26. The maximum Gasteiger partial charge on any atom is 0.261 e. The summed E-state index contributed by atoms with van der Waals surface area (Å²) in [5.74, 6) is -1.37. The van der Waals surface area contributed by atoms with Crippen LogP contribution in [0.2, 0.25) is 0 Å². The van der Waals surface area contributed by atoms with Gasteiger partial charge in [0, 0.05) is 17.2 Å². The second-order valence-corrected chi connectivity index (χ2v) is 7.07. The Morgan fingerprint density at radius 2 is 2.00 bits per heavy atom. The van der Waals surface area contributed by atoms with E-state index < -0.39 is 20.8 Å². The Morgan fingerprint density at radius 3 is 2.55 bits per heavy atom. The molecule has 0 aliphatic carbocycles. The molecule has 0 spiro atoms. The second kappa shape index (κ2) is 7.04. The fourth-order valence-electron chi connectivity index (χ4n) is 1.71. The summed E-state index contributed by atoms with van der Waals surface area (Å²) in [7, 11) is 1.22. The molecule has 112 valence electrons. The van der Waals surface area contributed by atoms with Crippen LogP contribution in [0.3, 0.4) is 0 Å². The SMILES string of the molecule is CCCCCNC(=O)c1cc(S(=O)(=O)Cl)cc(C)c1F. The molecule has 0 atom stereocenters. The molecule has 7 heteroatoms. The van der Waals surface area contributed by atoms with Gasteiger partial charge in [0.2, 0.25) is 0 Å². The maximum absolute atomic E-state index is 13.9. The highest BCUT2D eigenvalue weighted by molar-refractivity contribution is 8.13. The number of aryl methyl sites for hydroxylation is 1. The van der Waals surface area contributed by atoms with Crippen molar-refractivity contribution in [1.82, 2.24) is 5.32 Å². The van der Waals surface area contributed by atoms with Gasteiger partial charge in [0.25, 0.3) is 15.0 Å². The van der Waals surface area contributed by atoms with E-state index in [0.717, 1.165) is 31.4 Å². The van der Waals surface area contributed by atoms with Crippen molar-refractivity contribution in [1.29, 1.82) is 0 Å². The predicted octanol–water partition coefficient (Wildman–Crippen LogP) is 2.98. The summed E-state index contributed by atoms with van der Waals surface area (Å²) in [5.41, 5.74) is -0.244. The summed E-state index contributed by atoms with van der Waals surface area (Å²) in [6.45, 7) is 3.83. The lowest BCUT2D eigenvalue weighted by atomic mass is 10.1. The molecule has 20 heavy (non-hydrogen) atoms. The Balaban J connectivity index is 2.99. The number of carbonyl (C=O) groups is 1. The topological polar surface area (TPSA) is 63.2 Å². The zero-order valence-electron chi connectivity index (χ0n) is 11.4. The first-order valence-electron chi connectivity index (χ1n) is 6.30. The van der Waals surface area contributed by atoms with E-state index in [0.29, 0.717) is 6.54 Å². The highest BCUT2D eigenvalue weighted by Crippen LogP contribution is 2.22. The molecule has 1 aromatic carbocycles. The van der Waals surface area contributed by atoms with Gasteiger partial charge in [-0.1, -0.05) is 19.8 Å². The highest BCUT2D eigenvalue weighted by atomic mass is 35.7. The van der Waals surface area contributed by atoms with E-state index in [-0.39, 0.29) is 16.0 Å². The fraction of sp³-hybridized carbons (Fsp3) is 0.462. The molecule has 0 aliphatic heterocycles. The molecule has 0 saturated heterocycles. The summed E-state index contributed by atoms with van der Waals surface area (Å²) in [5, 5.41) is 2.56. The van der Waals surface area contributed by atoms with Crippen LogP contribution in [0.1, 0.15) is 42.1 Å². The van der Waals surface area contributed by atoms with E-state index in [1.165, 1.54) is 6.92 Å². The number of hydrogen-bond donors (Lipinski definition) is 1. The number of hydrogen-bond acceptors (Lipinski definition) is 3. The van der Waals surface area contributed by atoms with Crippen molar-refractivity contribution in [2.75, 3.05) is 6.54 Å². The van der Waals surface area contributed by atoms with Gasteiger partial charge < -0.3 is 5.32 Å². The average molecular weight is 322 g/mol. The van der Waals surface area contributed by atoms with Gasteiger partial charge in [-0.05, 0) is 31.0 Å². The molecule has 4 nitrogen and oxygen atoms in total. The monoisotopic (exact) mass is 321 g/mol. The molecule has 0 heterocycles. The number of unbranched alkanes of at least 4 members (excludes halogenated alkanes) is 2. The van der Waals surface area contributed by atoms with E-state index in [2.05, 4.69) is 5.32 Å². The van der Waals surface area contributed by atoms with Crippen LogP contribution in [-0.2, 0) is 9.05 Å². The first-order valence-corrected chi connectivity index (χ1v) is 8.61. The van der Waals surface area contributed by atoms with Crippen molar-refractivity contribution in [2.24, 2.45) is 0 Å². The van der Waals surface area contributed by atoms with Crippen LogP contribution in [0.4, 0.5) is 4.39 Å². The van der Waals surface area contributed by atoms with Gasteiger partial charge in [-0.2, -0.15) is 0 Å². The van der Waals surface area contributed by atoms with Crippen LogP contribution in [0.25, 0.3) is 0 Å². The lowest BCUT2D eigenvalue weighted by Gasteiger charge is -2.09. The number of amides is 1. The Labute approximate surface area is 122 Å².